The maximum atomic E-state index is 5.37. The van der Waals surface area contributed by atoms with Gasteiger partial charge in [0.1, 0.15) is 5.82 Å². The SMILES string of the molecule is CC(CNc1n[nH]c(C2CCC2)n1)N1CCOCC1. The van der Waals surface area contributed by atoms with Crippen LogP contribution in [0.2, 0.25) is 0 Å². The van der Waals surface area contributed by atoms with Gasteiger partial charge in [-0.3, -0.25) is 10.00 Å². The third kappa shape index (κ3) is 3.06. The summed E-state index contributed by atoms with van der Waals surface area (Å²) in [6, 6.07) is 0.481. The topological polar surface area (TPSA) is 66.1 Å². The fraction of sp³-hybridized carbons (Fsp3) is 0.846. The lowest BCUT2D eigenvalue weighted by molar-refractivity contribution is 0.0227. The van der Waals surface area contributed by atoms with Gasteiger partial charge in [0.2, 0.25) is 5.95 Å². The van der Waals surface area contributed by atoms with E-state index in [1.165, 1.54) is 19.3 Å². The normalized spacial score (nSPS) is 23.0. The number of anilines is 1. The van der Waals surface area contributed by atoms with Crippen LogP contribution in [0.1, 0.15) is 37.9 Å². The Labute approximate surface area is 113 Å². The first kappa shape index (κ1) is 12.9. The van der Waals surface area contributed by atoms with Crippen molar-refractivity contribution in [3.63, 3.8) is 0 Å². The van der Waals surface area contributed by atoms with E-state index < -0.39 is 0 Å². The lowest BCUT2D eigenvalue weighted by atomic mass is 9.85. The molecule has 0 aromatic carbocycles. The van der Waals surface area contributed by atoms with Gasteiger partial charge in [0.25, 0.3) is 0 Å². The quantitative estimate of drug-likeness (QED) is 0.837. The summed E-state index contributed by atoms with van der Waals surface area (Å²) in [5.74, 6) is 2.40. The van der Waals surface area contributed by atoms with E-state index >= 15 is 0 Å². The Balaban J connectivity index is 1.46. The van der Waals surface area contributed by atoms with Crippen LogP contribution in [0.5, 0.6) is 0 Å². The van der Waals surface area contributed by atoms with Crippen molar-refractivity contribution in [2.75, 3.05) is 38.2 Å². The van der Waals surface area contributed by atoms with Crippen LogP contribution in [0.15, 0.2) is 0 Å². The van der Waals surface area contributed by atoms with E-state index in [9.17, 15) is 0 Å². The molecule has 106 valence electrons. The zero-order chi connectivity index (χ0) is 13.1. The third-order valence-electron chi connectivity index (χ3n) is 4.22. The molecule has 2 N–H and O–H groups in total. The standard InChI is InChI=1S/C13H23N5O/c1-10(18-5-7-19-8-6-18)9-14-13-15-12(16-17-13)11-3-2-4-11/h10-11H,2-9H2,1H3,(H2,14,15,16,17). The predicted molar refractivity (Wildman–Crippen MR) is 73.3 cm³/mol. The molecular weight excluding hydrogens is 242 g/mol. The van der Waals surface area contributed by atoms with Gasteiger partial charge in [0.05, 0.1) is 13.2 Å². The summed E-state index contributed by atoms with van der Waals surface area (Å²) in [5.41, 5.74) is 0. The van der Waals surface area contributed by atoms with Gasteiger partial charge >= 0.3 is 0 Å². The average molecular weight is 265 g/mol. The molecule has 2 fully saturated rings. The van der Waals surface area contributed by atoms with Crippen molar-refractivity contribution >= 4 is 5.95 Å². The maximum Gasteiger partial charge on any atom is 0.242 e. The van der Waals surface area contributed by atoms with Crippen molar-refractivity contribution < 1.29 is 4.74 Å². The van der Waals surface area contributed by atoms with Crippen molar-refractivity contribution in [2.24, 2.45) is 0 Å². The molecular formula is C13H23N5O. The van der Waals surface area contributed by atoms with Crippen LogP contribution in [0.25, 0.3) is 0 Å². The summed E-state index contributed by atoms with van der Waals surface area (Å²) >= 11 is 0. The first-order valence-electron chi connectivity index (χ1n) is 7.31. The number of morpholine rings is 1. The number of aromatic amines is 1. The molecule has 0 amide bonds. The Morgan fingerprint density at radius 2 is 2.21 bits per heavy atom. The smallest absolute Gasteiger partial charge is 0.242 e. The second kappa shape index (κ2) is 5.88. The molecule has 6 heteroatoms. The molecule has 3 rings (SSSR count). The summed E-state index contributed by atoms with van der Waals surface area (Å²) in [4.78, 5) is 6.97. The molecule has 1 saturated heterocycles. The summed E-state index contributed by atoms with van der Waals surface area (Å²) in [5, 5.41) is 10.6. The average Bonchev–Trinajstić information content (AvgIpc) is 2.83. The van der Waals surface area contributed by atoms with Crippen molar-refractivity contribution in [3.8, 4) is 0 Å². The zero-order valence-electron chi connectivity index (χ0n) is 11.6. The van der Waals surface area contributed by atoms with Crippen LogP contribution in [0, 0.1) is 0 Å². The van der Waals surface area contributed by atoms with Crippen LogP contribution >= 0.6 is 0 Å². The van der Waals surface area contributed by atoms with Gasteiger partial charge in [-0.1, -0.05) is 6.42 Å². The molecule has 6 nitrogen and oxygen atoms in total. The fourth-order valence-electron chi connectivity index (χ4n) is 2.60. The second-order valence-electron chi connectivity index (χ2n) is 5.55. The van der Waals surface area contributed by atoms with Gasteiger partial charge < -0.3 is 10.1 Å². The minimum absolute atomic E-state index is 0.481. The summed E-state index contributed by atoms with van der Waals surface area (Å²) < 4.78 is 5.37. The number of hydrogen-bond donors (Lipinski definition) is 2. The van der Waals surface area contributed by atoms with E-state index in [1.807, 2.05) is 0 Å². The number of H-pyrrole nitrogens is 1. The Hall–Kier alpha value is -1.14. The molecule has 0 bridgehead atoms. The van der Waals surface area contributed by atoms with Crippen LogP contribution in [0.3, 0.4) is 0 Å². The van der Waals surface area contributed by atoms with Crippen molar-refractivity contribution in [1.29, 1.82) is 0 Å². The lowest BCUT2D eigenvalue weighted by Crippen LogP contribution is -2.45. The van der Waals surface area contributed by atoms with Gasteiger partial charge in [-0.15, -0.1) is 5.10 Å². The molecule has 2 heterocycles. The number of nitrogens with one attached hydrogen (secondary N) is 2. The van der Waals surface area contributed by atoms with Crippen LogP contribution < -0.4 is 5.32 Å². The maximum absolute atomic E-state index is 5.37. The number of hydrogen-bond acceptors (Lipinski definition) is 5. The van der Waals surface area contributed by atoms with Gasteiger partial charge in [-0.2, -0.15) is 4.98 Å². The highest BCUT2D eigenvalue weighted by Gasteiger charge is 2.23. The Kier molecular flexibility index (Phi) is 3.98. The molecule has 1 aliphatic heterocycles. The Bertz CT molecular complexity index is 397. The fourth-order valence-corrected chi connectivity index (χ4v) is 2.60. The van der Waals surface area contributed by atoms with E-state index in [4.69, 9.17) is 4.74 Å². The van der Waals surface area contributed by atoms with Crippen LogP contribution in [-0.4, -0.2) is 59.0 Å². The number of ether oxygens (including phenoxy) is 1. The van der Waals surface area contributed by atoms with Gasteiger partial charge in [0.15, 0.2) is 0 Å². The minimum Gasteiger partial charge on any atom is -0.379 e. The van der Waals surface area contributed by atoms with Crippen molar-refractivity contribution in [3.05, 3.63) is 5.82 Å². The Morgan fingerprint density at radius 1 is 1.42 bits per heavy atom. The van der Waals surface area contributed by atoms with E-state index in [0.717, 1.165) is 44.6 Å². The number of nitrogens with zero attached hydrogens (tertiary/aromatic N) is 3. The summed E-state index contributed by atoms with van der Waals surface area (Å²) in [6.07, 6.45) is 3.82. The van der Waals surface area contributed by atoms with Gasteiger partial charge in [0, 0.05) is 31.6 Å². The van der Waals surface area contributed by atoms with Crippen LogP contribution in [-0.2, 0) is 4.74 Å². The van der Waals surface area contributed by atoms with E-state index in [-0.39, 0.29) is 0 Å². The van der Waals surface area contributed by atoms with E-state index in [2.05, 4.69) is 32.3 Å². The molecule has 1 aliphatic carbocycles. The number of rotatable bonds is 5. The number of aromatic nitrogens is 3. The third-order valence-corrected chi connectivity index (χ3v) is 4.22. The van der Waals surface area contributed by atoms with Gasteiger partial charge in [-0.05, 0) is 19.8 Å². The molecule has 2 aliphatic rings. The monoisotopic (exact) mass is 265 g/mol. The minimum atomic E-state index is 0.481. The van der Waals surface area contributed by atoms with Crippen molar-refractivity contribution in [2.45, 2.75) is 38.1 Å². The van der Waals surface area contributed by atoms with E-state index in [1.54, 1.807) is 0 Å². The first-order chi connectivity index (χ1) is 9.33. The highest BCUT2D eigenvalue weighted by molar-refractivity contribution is 5.24. The predicted octanol–water partition coefficient (Wildman–Crippen LogP) is 1.20. The molecule has 19 heavy (non-hydrogen) atoms. The molecule has 1 aromatic rings. The molecule has 1 aromatic heterocycles. The highest BCUT2D eigenvalue weighted by atomic mass is 16.5. The second-order valence-corrected chi connectivity index (χ2v) is 5.55. The molecule has 1 saturated carbocycles. The molecule has 0 spiro atoms. The summed E-state index contributed by atoms with van der Waals surface area (Å²) in [7, 11) is 0. The molecule has 1 atom stereocenters. The lowest BCUT2D eigenvalue weighted by Gasteiger charge is -2.32. The van der Waals surface area contributed by atoms with Gasteiger partial charge in [-0.25, -0.2) is 0 Å². The largest absolute Gasteiger partial charge is 0.379 e. The molecule has 0 radical (unpaired) electrons. The highest BCUT2D eigenvalue weighted by Crippen LogP contribution is 2.34. The first-order valence-corrected chi connectivity index (χ1v) is 7.31. The Morgan fingerprint density at radius 3 is 2.89 bits per heavy atom. The zero-order valence-corrected chi connectivity index (χ0v) is 11.6. The van der Waals surface area contributed by atoms with Crippen LogP contribution in [0.4, 0.5) is 5.95 Å². The molecule has 1 unspecified atom stereocenters. The van der Waals surface area contributed by atoms with E-state index in [0.29, 0.717) is 12.0 Å². The summed E-state index contributed by atoms with van der Waals surface area (Å²) in [6.45, 7) is 6.84. The van der Waals surface area contributed by atoms with Crippen molar-refractivity contribution in [1.82, 2.24) is 20.1 Å².